The van der Waals surface area contributed by atoms with Crippen LogP contribution in [-0.2, 0) is 0 Å². The van der Waals surface area contributed by atoms with Gasteiger partial charge in [0.05, 0.1) is 0 Å². The van der Waals surface area contributed by atoms with Gasteiger partial charge in [-0.25, -0.2) is 0 Å². The van der Waals surface area contributed by atoms with Gasteiger partial charge in [-0.3, -0.25) is 4.90 Å². The number of nitrogens with zero attached hydrogens (tertiary/aromatic N) is 1. The highest BCUT2D eigenvalue weighted by atomic mass is 15.2. The van der Waals surface area contributed by atoms with E-state index in [4.69, 9.17) is 0 Å². The van der Waals surface area contributed by atoms with Crippen molar-refractivity contribution in [2.24, 2.45) is 118 Å². The van der Waals surface area contributed by atoms with Gasteiger partial charge in [0.15, 0.2) is 0 Å². The van der Waals surface area contributed by atoms with Gasteiger partial charge in [-0.05, 0) is 266 Å². The molecular formula is C68H113N. The molecule has 11 unspecified atom stereocenters. The molecule has 390 valence electrons. The highest BCUT2D eigenvalue weighted by Gasteiger charge is 2.62. The number of fused-ring (bicyclic) bond motifs is 5. The van der Waals surface area contributed by atoms with Crippen LogP contribution in [-0.4, -0.2) is 23.0 Å². The first kappa shape index (κ1) is 48.6. The van der Waals surface area contributed by atoms with Gasteiger partial charge < -0.3 is 0 Å². The lowest BCUT2D eigenvalue weighted by molar-refractivity contribution is -0.175. The summed E-state index contributed by atoms with van der Waals surface area (Å²) in [6.07, 6.45) is 71.8. The Bertz CT molecular complexity index is 1490. The largest absolute Gasteiger partial charge is 0.294 e. The summed E-state index contributed by atoms with van der Waals surface area (Å²) in [6, 6.07) is 2.77. The summed E-state index contributed by atoms with van der Waals surface area (Å²) in [7, 11) is 0. The average molecular weight is 945 g/mol. The zero-order valence-corrected chi connectivity index (χ0v) is 45.5. The third-order valence-corrected chi connectivity index (χ3v) is 27.7. The van der Waals surface area contributed by atoms with E-state index in [1.165, 1.54) is 12.8 Å². The van der Waals surface area contributed by atoms with Gasteiger partial charge in [-0.2, -0.15) is 0 Å². The Balaban J connectivity index is 0.738. The van der Waals surface area contributed by atoms with E-state index in [-0.39, 0.29) is 0 Å². The van der Waals surface area contributed by atoms with E-state index in [0.29, 0.717) is 0 Å². The van der Waals surface area contributed by atoms with Crippen molar-refractivity contribution in [3.05, 3.63) is 0 Å². The van der Waals surface area contributed by atoms with E-state index in [1.54, 1.807) is 276 Å². The van der Waals surface area contributed by atoms with Gasteiger partial charge in [0.25, 0.3) is 0 Å². The Kier molecular flexibility index (Phi) is 15.7. The second-order valence-corrected chi connectivity index (χ2v) is 30.1. The van der Waals surface area contributed by atoms with Crippen LogP contribution in [0.2, 0.25) is 0 Å². The predicted octanol–water partition coefficient (Wildman–Crippen LogP) is 19.4. The fraction of sp³-hybridized carbons (Fsp3) is 1.00. The molecule has 11 atom stereocenters. The number of hydrogen-bond acceptors (Lipinski definition) is 1. The SMILES string of the molecule is C1CCC(C2CCC(N(C3CCC(C4CCCCC4)CC3)C3CCC(C4C5CCCCC5C(C5C6CCCCC6C(C6CCC7CCCCC7C6)C6CCCCC65)C5CCCCC54)CC3)CC2)CC1. The van der Waals surface area contributed by atoms with E-state index in [9.17, 15) is 0 Å². The lowest BCUT2D eigenvalue weighted by Crippen LogP contribution is -2.60. The molecule has 13 fully saturated rings. The average Bonchev–Trinajstić information content (AvgIpc) is 3.43. The van der Waals surface area contributed by atoms with Crippen LogP contribution in [0.4, 0.5) is 0 Å². The normalized spacial score (nSPS) is 50.5. The first-order valence-corrected chi connectivity index (χ1v) is 34.0. The fourth-order valence-electron chi connectivity index (χ4n) is 25.3. The zero-order chi connectivity index (χ0) is 45.7. The molecule has 13 aliphatic carbocycles. The minimum absolute atomic E-state index is 0.921. The lowest BCUT2D eigenvalue weighted by Gasteiger charge is -2.66. The molecule has 0 aromatic carbocycles. The standard InChI is InChI=1S/C68H113N/c1-3-17-46(18-4-1)49-33-39-54(40-34-49)69(55-41-35-50(36-42-55)47-19-5-2-6-20-47)56-43-37-51(38-44-56)65-57-23-9-13-27-61(57)67(62-28-14-10-24-58(62)65)68-63-29-15-11-25-59(63)66(60-26-12-16-30-64(60)68)53-32-31-48-21-7-8-22-52(48)45-53/h46-68H,1-45H2. The summed E-state index contributed by atoms with van der Waals surface area (Å²) in [5.74, 6) is 22.2. The van der Waals surface area contributed by atoms with Crippen LogP contribution in [0.25, 0.3) is 0 Å². The zero-order valence-electron chi connectivity index (χ0n) is 45.5. The van der Waals surface area contributed by atoms with Gasteiger partial charge in [-0.1, -0.05) is 141 Å². The topological polar surface area (TPSA) is 3.24 Å². The molecule has 13 aliphatic rings. The Labute approximate surface area is 428 Å². The Morgan fingerprint density at radius 2 is 0.391 bits per heavy atom. The van der Waals surface area contributed by atoms with Crippen LogP contribution in [0.5, 0.6) is 0 Å². The lowest BCUT2D eigenvalue weighted by atomic mass is 9.39. The van der Waals surface area contributed by atoms with E-state index in [1.807, 2.05) is 0 Å². The molecule has 0 N–H and O–H groups in total. The molecule has 0 spiro atoms. The van der Waals surface area contributed by atoms with E-state index in [0.717, 1.165) is 136 Å². The van der Waals surface area contributed by atoms with Gasteiger partial charge in [-0.15, -0.1) is 0 Å². The van der Waals surface area contributed by atoms with Crippen molar-refractivity contribution in [2.45, 2.75) is 307 Å². The van der Waals surface area contributed by atoms with Crippen LogP contribution in [0.15, 0.2) is 0 Å². The van der Waals surface area contributed by atoms with Crippen molar-refractivity contribution in [1.29, 1.82) is 0 Å². The summed E-state index contributed by atoms with van der Waals surface area (Å²) in [5, 5.41) is 0. The molecule has 13 rings (SSSR count). The van der Waals surface area contributed by atoms with Crippen molar-refractivity contribution < 1.29 is 0 Å². The van der Waals surface area contributed by atoms with Gasteiger partial charge in [0, 0.05) is 18.1 Å². The van der Waals surface area contributed by atoms with Crippen molar-refractivity contribution >= 4 is 0 Å². The van der Waals surface area contributed by atoms with E-state index in [2.05, 4.69) is 4.90 Å². The number of hydrogen-bond donors (Lipinski definition) is 0. The maximum absolute atomic E-state index is 3.42. The van der Waals surface area contributed by atoms with Gasteiger partial charge >= 0.3 is 0 Å². The third kappa shape index (κ3) is 9.77. The molecule has 1 nitrogen and oxygen atoms in total. The van der Waals surface area contributed by atoms with Crippen molar-refractivity contribution in [2.75, 3.05) is 0 Å². The molecule has 13 saturated carbocycles. The smallest absolute Gasteiger partial charge is 0.0101 e. The molecular weight excluding hydrogens is 831 g/mol. The summed E-state index contributed by atoms with van der Waals surface area (Å²) in [4.78, 5) is 3.42. The first-order valence-electron chi connectivity index (χ1n) is 34.0. The second-order valence-electron chi connectivity index (χ2n) is 30.1. The molecule has 0 aromatic heterocycles. The maximum Gasteiger partial charge on any atom is 0.0101 e. The molecule has 0 heterocycles. The van der Waals surface area contributed by atoms with E-state index >= 15 is 0 Å². The first-order chi connectivity index (χ1) is 34.2. The molecule has 0 saturated heterocycles. The second kappa shape index (κ2) is 22.3. The molecule has 0 aromatic rings. The van der Waals surface area contributed by atoms with Crippen molar-refractivity contribution in [3.8, 4) is 0 Å². The van der Waals surface area contributed by atoms with Crippen LogP contribution in [0.3, 0.4) is 0 Å². The molecule has 0 amide bonds. The van der Waals surface area contributed by atoms with Crippen LogP contribution >= 0.6 is 0 Å². The molecule has 0 bridgehead atoms. The summed E-state index contributed by atoms with van der Waals surface area (Å²) in [6.45, 7) is 0. The minimum atomic E-state index is 0.921. The quantitative estimate of drug-likeness (QED) is 0.234. The highest BCUT2D eigenvalue weighted by Crippen LogP contribution is 2.69. The van der Waals surface area contributed by atoms with Crippen LogP contribution in [0, 0.1) is 118 Å². The molecule has 69 heavy (non-hydrogen) atoms. The Morgan fingerprint density at radius 3 is 0.768 bits per heavy atom. The third-order valence-electron chi connectivity index (χ3n) is 27.7. The maximum atomic E-state index is 3.42. The molecule has 0 radical (unpaired) electrons. The highest BCUT2D eigenvalue weighted by molar-refractivity contribution is 5.10. The Morgan fingerprint density at radius 1 is 0.159 bits per heavy atom. The van der Waals surface area contributed by atoms with Crippen molar-refractivity contribution in [3.63, 3.8) is 0 Å². The summed E-state index contributed by atoms with van der Waals surface area (Å²) < 4.78 is 0. The number of rotatable bonds is 8. The monoisotopic (exact) mass is 944 g/mol. The molecule has 1 heteroatoms. The van der Waals surface area contributed by atoms with E-state index < -0.39 is 0 Å². The minimum Gasteiger partial charge on any atom is -0.294 e. The molecule has 0 aliphatic heterocycles. The summed E-state index contributed by atoms with van der Waals surface area (Å²) in [5.41, 5.74) is 0. The predicted molar refractivity (Wildman–Crippen MR) is 291 cm³/mol. The van der Waals surface area contributed by atoms with Crippen LogP contribution < -0.4 is 0 Å². The van der Waals surface area contributed by atoms with Crippen molar-refractivity contribution in [1.82, 2.24) is 4.90 Å². The van der Waals surface area contributed by atoms with Crippen LogP contribution in [0.1, 0.15) is 289 Å². The van der Waals surface area contributed by atoms with Gasteiger partial charge in [0.1, 0.15) is 0 Å². The Hall–Kier alpha value is -0.0400. The summed E-state index contributed by atoms with van der Waals surface area (Å²) >= 11 is 0. The fourth-order valence-corrected chi connectivity index (χ4v) is 25.3. The van der Waals surface area contributed by atoms with Gasteiger partial charge in [0.2, 0.25) is 0 Å².